The molecule has 1 radical (unpaired) electrons. The van der Waals surface area contributed by atoms with Gasteiger partial charge in [0, 0.05) is 22.0 Å². The number of rotatable bonds is 3. The minimum Gasteiger partial charge on any atom is -0.342 e. The Morgan fingerprint density at radius 3 is 2.52 bits per heavy atom. The molecule has 0 N–H and O–H groups in total. The van der Waals surface area contributed by atoms with Crippen molar-refractivity contribution >= 4 is 22.2 Å². The van der Waals surface area contributed by atoms with Crippen molar-refractivity contribution in [3.05, 3.63) is 70.9 Å². The minimum absolute atomic E-state index is 0.0160. The molecule has 0 saturated carbocycles. The molecule has 0 bridgehead atoms. The Hall–Kier alpha value is -2.80. The highest BCUT2D eigenvalue weighted by Crippen LogP contribution is 2.34. The molecule has 0 atom stereocenters. The van der Waals surface area contributed by atoms with Gasteiger partial charge in [-0.3, -0.25) is 5.11 Å². The van der Waals surface area contributed by atoms with Crippen molar-refractivity contribution in [2.45, 2.75) is 19.6 Å². The average molecular weight is 387 g/mol. The molecule has 2 aromatic carbocycles. The standard InChI is InChI=1S/C20H14F3N2OS/c1-12-18(11-25-10-9-15-16(25)3-2-4-17(15)26)27-19(24-12)13-5-7-14(8-6-13)20(21,22)23/h2-10H,11H2,1H3. The molecule has 4 aromatic rings. The van der Waals surface area contributed by atoms with Gasteiger partial charge in [0.2, 0.25) is 0 Å². The van der Waals surface area contributed by atoms with Gasteiger partial charge in [-0.25, -0.2) is 4.98 Å². The van der Waals surface area contributed by atoms with Gasteiger partial charge in [0.1, 0.15) is 5.01 Å². The van der Waals surface area contributed by atoms with Crippen LogP contribution in [-0.2, 0) is 17.8 Å². The van der Waals surface area contributed by atoms with E-state index >= 15 is 0 Å². The second-order valence-electron chi connectivity index (χ2n) is 6.24. The molecule has 0 spiro atoms. The van der Waals surface area contributed by atoms with Gasteiger partial charge >= 0.3 is 6.18 Å². The molecule has 0 aliphatic rings. The fourth-order valence-corrected chi connectivity index (χ4v) is 4.05. The zero-order valence-electron chi connectivity index (χ0n) is 14.2. The number of hydrogen-bond acceptors (Lipinski definition) is 2. The Morgan fingerprint density at radius 1 is 1.07 bits per heavy atom. The summed E-state index contributed by atoms with van der Waals surface area (Å²) in [5, 5.41) is 13.2. The summed E-state index contributed by atoms with van der Waals surface area (Å²) >= 11 is 1.45. The number of alkyl halides is 3. The molecule has 0 saturated heterocycles. The Balaban J connectivity index is 1.64. The molecule has 2 heterocycles. The summed E-state index contributed by atoms with van der Waals surface area (Å²) in [5.41, 5.74) is 1.66. The number of thiazole rings is 1. The Labute approximate surface area is 157 Å². The topological polar surface area (TPSA) is 37.7 Å². The highest BCUT2D eigenvalue weighted by atomic mass is 32.1. The lowest BCUT2D eigenvalue weighted by molar-refractivity contribution is -0.137. The first-order valence-corrected chi connectivity index (χ1v) is 9.03. The normalized spacial score (nSPS) is 12.0. The third-order valence-electron chi connectivity index (χ3n) is 4.44. The van der Waals surface area contributed by atoms with Gasteiger partial charge in [0.15, 0.2) is 5.75 Å². The monoisotopic (exact) mass is 387 g/mol. The van der Waals surface area contributed by atoms with Gasteiger partial charge in [-0.05, 0) is 37.3 Å². The second kappa shape index (κ2) is 6.42. The van der Waals surface area contributed by atoms with Crippen LogP contribution in [-0.4, -0.2) is 9.55 Å². The summed E-state index contributed by atoms with van der Waals surface area (Å²) in [4.78, 5) is 5.51. The largest absolute Gasteiger partial charge is 0.416 e. The van der Waals surface area contributed by atoms with E-state index in [1.807, 2.05) is 23.8 Å². The first-order chi connectivity index (χ1) is 12.8. The lowest BCUT2D eigenvalue weighted by atomic mass is 10.1. The summed E-state index contributed by atoms with van der Waals surface area (Å²) in [7, 11) is 0. The van der Waals surface area contributed by atoms with Crippen LogP contribution < -0.4 is 0 Å². The van der Waals surface area contributed by atoms with Crippen molar-refractivity contribution < 1.29 is 18.3 Å². The average Bonchev–Trinajstić information content (AvgIpc) is 3.20. The van der Waals surface area contributed by atoms with Gasteiger partial charge in [-0.2, -0.15) is 13.2 Å². The maximum atomic E-state index is 12.7. The number of aryl methyl sites for hydroxylation is 1. The van der Waals surface area contributed by atoms with Crippen LogP contribution in [0, 0.1) is 6.92 Å². The van der Waals surface area contributed by atoms with E-state index in [1.165, 1.54) is 29.5 Å². The lowest BCUT2D eigenvalue weighted by Gasteiger charge is -2.06. The molecule has 4 rings (SSSR count). The van der Waals surface area contributed by atoms with E-state index in [0.717, 1.165) is 28.2 Å². The van der Waals surface area contributed by atoms with E-state index in [0.29, 0.717) is 22.5 Å². The number of fused-ring (bicyclic) bond motifs is 1. The lowest BCUT2D eigenvalue weighted by Crippen LogP contribution is -2.03. The van der Waals surface area contributed by atoms with Crippen LogP contribution in [0.15, 0.2) is 54.7 Å². The van der Waals surface area contributed by atoms with Crippen LogP contribution >= 0.6 is 11.3 Å². The van der Waals surface area contributed by atoms with E-state index in [1.54, 1.807) is 12.1 Å². The number of halogens is 3. The van der Waals surface area contributed by atoms with Crippen LogP contribution in [0.3, 0.4) is 0 Å². The number of hydrogen-bond donors (Lipinski definition) is 0. The van der Waals surface area contributed by atoms with Crippen LogP contribution in [0.1, 0.15) is 16.1 Å². The third-order valence-corrected chi connectivity index (χ3v) is 5.63. The molecular weight excluding hydrogens is 373 g/mol. The maximum absolute atomic E-state index is 12.7. The van der Waals surface area contributed by atoms with Gasteiger partial charge in [0.25, 0.3) is 0 Å². The van der Waals surface area contributed by atoms with Gasteiger partial charge in [-0.1, -0.05) is 18.2 Å². The minimum atomic E-state index is -4.35. The van der Waals surface area contributed by atoms with E-state index in [9.17, 15) is 18.3 Å². The first-order valence-electron chi connectivity index (χ1n) is 8.22. The first kappa shape index (κ1) is 17.6. The molecule has 27 heavy (non-hydrogen) atoms. The predicted octanol–water partition coefficient (Wildman–Crippen LogP) is 6.28. The van der Waals surface area contributed by atoms with Crippen molar-refractivity contribution in [1.82, 2.24) is 9.55 Å². The van der Waals surface area contributed by atoms with Crippen molar-refractivity contribution in [3.63, 3.8) is 0 Å². The Kier molecular flexibility index (Phi) is 4.19. The van der Waals surface area contributed by atoms with Gasteiger partial charge < -0.3 is 4.57 Å². The quantitative estimate of drug-likeness (QED) is 0.407. The van der Waals surface area contributed by atoms with Crippen LogP contribution in [0.5, 0.6) is 5.75 Å². The Morgan fingerprint density at radius 2 is 1.81 bits per heavy atom. The molecule has 7 heteroatoms. The molecule has 137 valence electrons. The van der Waals surface area contributed by atoms with Crippen molar-refractivity contribution in [2.24, 2.45) is 0 Å². The maximum Gasteiger partial charge on any atom is 0.416 e. The van der Waals surface area contributed by atoms with Crippen molar-refractivity contribution in [2.75, 3.05) is 0 Å². The van der Waals surface area contributed by atoms with E-state index in [2.05, 4.69) is 4.98 Å². The summed E-state index contributed by atoms with van der Waals surface area (Å²) < 4.78 is 40.1. The molecular formula is C20H14F3N2OS. The third kappa shape index (κ3) is 3.30. The zero-order chi connectivity index (χ0) is 19.2. The second-order valence-corrected chi connectivity index (χ2v) is 7.32. The molecule has 0 aliphatic carbocycles. The highest BCUT2D eigenvalue weighted by Gasteiger charge is 2.30. The number of benzene rings is 2. The number of nitrogens with zero attached hydrogens (tertiary/aromatic N) is 2. The molecule has 0 amide bonds. The van der Waals surface area contributed by atoms with Gasteiger partial charge in [0.05, 0.1) is 23.3 Å². The van der Waals surface area contributed by atoms with E-state index < -0.39 is 11.7 Å². The SMILES string of the molecule is Cc1nc(-c2ccc(C(F)(F)F)cc2)sc1Cn1ccc2c([O])cccc21. The molecule has 0 unspecified atom stereocenters. The van der Waals surface area contributed by atoms with Crippen LogP contribution in [0.25, 0.3) is 21.5 Å². The molecule has 2 aromatic heterocycles. The van der Waals surface area contributed by atoms with Crippen molar-refractivity contribution in [1.29, 1.82) is 0 Å². The zero-order valence-corrected chi connectivity index (χ0v) is 15.1. The van der Waals surface area contributed by atoms with E-state index in [4.69, 9.17) is 0 Å². The Bertz CT molecular complexity index is 1110. The fraction of sp³-hybridized carbons (Fsp3) is 0.150. The molecule has 3 nitrogen and oxygen atoms in total. The summed E-state index contributed by atoms with van der Waals surface area (Å²) in [5.74, 6) is -0.0160. The van der Waals surface area contributed by atoms with Crippen LogP contribution in [0.2, 0.25) is 0 Å². The molecule has 0 fully saturated rings. The summed E-state index contributed by atoms with van der Waals surface area (Å²) in [6, 6.07) is 12.0. The van der Waals surface area contributed by atoms with E-state index in [-0.39, 0.29) is 5.75 Å². The smallest absolute Gasteiger partial charge is 0.342 e. The highest BCUT2D eigenvalue weighted by molar-refractivity contribution is 7.15. The summed E-state index contributed by atoms with van der Waals surface area (Å²) in [6.45, 7) is 2.43. The van der Waals surface area contributed by atoms with Crippen molar-refractivity contribution in [3.8, 4) is 16.3 Å². The molecule has 0 aliphatic heterocycles. The fourth-order valence-electron chi connectivity index (χ4n) is 2.99. The van der Waals surface area contributed by atoms with Crippen LogP contribution in [0.4, 0.5) is 13.2 Å². The number of aromatic nitrogens is 2. The predicted molar refractivity (Wildman–Crippen MR) is 98.5 cm³/mol. The summed E-state index contributed by atoms with van der Waals surface area (Å²) in [6.07, 6.45) is -2.48. The van der Waals surface area contributed by atoms with Gasteiger partial charge in [-0.15, -0.1) is 11.3 Å².